The summed E-state index contributed by atoms with van der Waals surface area (Å²) in [5.41, 5.74) is 4.47. The second kappa shape index (κ2) is 18.0. The van der Waals surface area contributed by atoms with E-state index in [9.17, 15) is 19.2 Å². The number of Topliss-reactive ketones (excluding diaryl/α,β-unsaturated/α-hetero) is 1. The van der Waals surface area contributed by atoms with Gasteiger partial charge in [0.15, 0.2) is 5.78 Å². The summed E-state index contributed by atoms with van der Waals surface area (Å²) in [6.07, 6.45) is 11.0. The van der Waals surface area contributed by atoms with Gasteiger partial charge in [0.05, 0.1) is 23.4 Å². The molecule has 4 aromatic rings. The minimum atomic E-state index is -0.254. The Labute approximate surface area is 357 Å². The van der Waals surface area contributed by atoms with Crippen molar-refractivity contribution in [3.05, 3.63) is 75.8 Å². The molecule has 2 N–H and O–H groups in total. The molecule has 9 rings (SSSR count). The third kappa shape index (κ3) is 8.91. The summed E-state index contributed by atoms with van der Waals surface area (Å²) in [7, 11) is 0. The van der Waals surface area contributed by atoms with Gasteiger partial charge >= 0.3 is 0 Å². The highest BCUT2D eigenvalue weighted by atomic mass is 16.2. The Balaban J connectivity index is 0.707. The number of nitrogens with one attached hydrogen (secondary N) is 2. The van der Waals surface area contributed by atoms with Crippen LogP contribution in [0.25, 0.3) is 11.0 Å². The molecule has 1 aliphatic carbocycles. The first kappa shape index (κ1) is 41.1. The number of ketones is 1. The zero-order valence-electron chi connectivity index (χ0n) is 35.7. The lowest BCUT2D eigenvalue weighted by molar-refractivity contribution is -0.134. The number of benzene rings is 1. The van der Waals surface area contributed by atoms with Crippen LogP contribution in [0.5, 0.6) is 0 Å². The standard InChI is InChI=1S/C46H59N11O4/c1-31-39-30-48-46(51-43(39)57(36-5-3-4-6-36)45(61)42(31)32(2)58)49-40-13-11-37(29-47-40)56-27-25-55(26-28-56)35-15-17-52(18-16-35)19-20-53-21-23-54(24-22-53)34-9-7-33(8-10-34)38-12-14-41(59)50-44(38)60/h7-11,13,29-30,35-36,38H,3-6,12,14-28H2,1-2H3,(H,50,59,60)(H,47,48,49,51). The second-order valence-electron chi connectivity index (χ2n) is 17.6. The minimum absolute atomic E-state index is 0.0286. The number of piperazine rings is 2. The molecule has 0 spiro atoms. The molecule has 2 amide bonds. The second-order valence-corrected chi connectivity index (χ2v) is 17.6. The highest BCUT2D eigenvalue weighted by molar-refractivity contribution is 6.01. The van der Waals surface area contributed by atoms with Gasteiger partial charge in [0.2, 0.25) is 17.8 Å². The van der Waals surface area contributed by atoms with Gasteiger partial charge in [0.1, 0.15) is 11.5 Å². The van der Waals surface area contributed by atoms with E-state index in [0.717, 1.165) is 121 Å². The van der Waals surface area contributed by atoms with Crippen LogP contribution >= 0.6 is 0 Å². The summed E-state index contributed by atoms with van der Waals surface area (Å²) in [5, 5.41) is 6.46. The van der Waals surface area contributed by atoms with E-state index < -0.39 is 0 Å². The maximum absolute atomic E-state index is 13.6. The molecule has 1 atom stereocenters. The van der Waals surface area contributed by atoms with E-state index in [1.165, 1.54) is 25.5 Å². The zero-order valence-corrected chi connectivity index (χ0v) is 35.7. The number of hydrogen-bond acceptors (Lipinski definition) is 13. The van der Waals surface area contributed by atoms with Gasteiger partial charge < -0.3 is 20.0 Å². The number of imide groups is 1. The van der Waals surface area contributed by atoms with Crippen LogP contribution < -0.4 is 26.0 Å². The summed E-state index contributed by atoms with van der Waals surface area (Å²) >= 11 is 0. The van der Waals surface area contributed by atoms with Crippen molar-refractivity contribution < 1.29 is 14.4 Å². The Morgan fingerprint density at radius 2 is 1.39 bits per heavy atom. The van der Waals surface area contributed by atoms with Gasteiger partial charge in [0, 0.05) is 101 Å². The topological polar surface area (TPSA) is 152 Å². The highest BCUT2D eigenvalue weighted by Gasteiger charge is 2.31. The Kier molecular flexibility index (Phi) is 12.1. The Morgan fingerprint density at radius 3 is 2.05 bits per heavy atom. The molecule has 5 aliphatic rings. The van der Waals surface area contributed by atoms with Crippen molar-refractivity contribution in [2.75, 3.05) is 93.7 Å². The molecule has 5 fully saturated rings. The molecule has 15 nitrogen and oxygen atoms in total. The van der Waals surface area contributed by atoms with Crippen LogP contribution in [0.2, 0.25) is 0 Å². The van der Waals surface area contributed by atoms with Gasteiger partial charge in [-0.2, -0.15) is 4.98 Å². The number of aryl methyl sites for hydroxylation is 1. The lowest BCUT2D eigenvalue weighted by Gasteiger charge is -2.43. The van der Waals surface area contributed by atoms with Crippen LogP contribution in [0.1, 0.15) is 91.7 Å². The highest BCUT2D eigenvalue weighted by Crippen LogP contribution is 2.33. The van der Waals surface area contributed by atoms with Gasteiger partial charge in [-0.15, -0.1) is 0 Å². The van der Waals surface area contributed by atoms with E-state index in [4.69, 9.17) is 9.97 Å². The summed E-state index contributed by atoms with van der Waals surface area (Å²) in [4.78, 5) is 76.8. The summed E-state index contributed by atoms with van der Waals surface area (Å²) in [6.45, 7) is 15.9. The molecule has 3 aromatic heterocycles. The van der Waals surface area contributed by atoms with E-state index in [1.54, 1.807) is 10.8 Å². The Morgan fingerprint density at radius 1 is 0.738 bits per heavy atom. The number of anilines is 4. The third-order valence-electron chi connectivity index (χ3n) is 14.0. The van der Waals surface area contributed by atoms with Crippen LogP contribution in [-0.2, 0) is 9.59 Å². The molecule has 0 radical (unpaired) electrons. The molecule has 4 saturated heterocycles. The van der Waals surface area contributed by atoms with E-state index in [2.05, 4.69) is 70.4 Å². The number of nitrogens with zero attached hydrogens (tertiary/aromatic N) is 9. The molecule has 7 heterocycles. The number of piperidine rings is 2. The number of carbonyl (C=O) groups excluding carboxylic acids is 3. The predicted molar refractivity (Wildman–Crippen MR) is 237 cm³/mol. The lowest BCUT2D eigenvalue weighted by atomic mass is 9.90. The first-order valence-corrected chi connectivity index (χ1v) is 22.5. The van der Waals surface area contributed by atoms with Crippen molar-refractivity contribution in [3.8, 4) is 0 Å². The van der Waals surface area contributed by atoms with Crippen molar-refractivity contribution in [2.45, 2.75) is 83.2 Å². The first-order chi connectivity index (χ1) is 29.7. The van der Waals surface area contributed by atoms with Crippen molar-refractivity contribution in [3.63, 3.8) is 0 Å². The molecule has 4 aliphatic heterocycles. The van der Waals surface area contributed by atoms with Crippen molar-refractivity contribution in [2.24, 2.45) is 0 Å². The van der Waals surface area contributed by atoms with E-state index in [1.807, 2.05) is 19.2 Å². The Hall–Kier alpha value is -5.25. The molecule has 1 aromatic carbocycles. The zero-order chi connectivity index (χ0) is 42.0. The summed E-state index contributed by atoms with van der Waals surface area (Å²) < 4.78 is 1.74. The van der Waals surface area contributed by atoms with Crippen molar-refractivity contribution in [1.82, 2.24) is 39.5 Å². The van der Waals surface area contributed by atoms with E-state index >= 15 is 0 Å². The molecule has 1 unspecified atom stereocenters. The monoisotopic (exact) mass is 829 g/mol. The molecular weight excluding hydrogens is 771 g/mol. The van der Waals surface area contributed by atoms with Crippen LogP contribution in [0.15, 0.2) is 53.6 Å². The average molecular weight is 830 g/mol. The van der Waals surface area contributed by atoms with Crippen molar-refractivity contribution >= 4 is 51.8 Å². The molecule has 322 valence electrons. The van der Waals surface area contributed by atoms with Crippen LogP contribution in [-0.4, -0.2) is 136 Å². The molecular formula is C46H59N11O4. The summed E-state index contributed by atoms with van der Waals surface area (Å²) in [6, 6.07) is 13.1. The largest absolute Gasteiger partial charge is 0.369 e. The summed E-state index contributed by atoms with van der Waals surface area (Å²) in [5.74, 6) is 0.196. The fourth-order valence-corrected chi connectivity index (χ4v) is 10.4. The Bertz CT molecular complexity index is 2290. The molecule has 1 saturated carbocycles. The van der Waals surface area contributed by atoms with Gasteiger partial charge in [-0.3, -0.25) is 38.9 Å². The number of aromatic nitrogens is 4. The van der Waals surface area contributed by atoms with Crippen LogP contribution in [0.3, 0.4) is 0 Å². The third-order valence-corrected chi connectivity index (χ3v) is 14.0. The molecule has 15 heteroatoms. The average Bonchev–Trinajstić information content (AvgIpc) is 3.81. The van der Waals surface area contributed by atoms with Gasteiger partial charge in [-0.1, -0.05) is 25.0 Å². The molecule has 61 heavy (non-hydrogen) atoms. The SMILES string of the molecule is CC(=O)c1c(C)c2cnc(Nc3ccc(N4CCN(C5CCN(CCN6CCN(c7ccc(C8CCC(=O)NC8=O)cc7)CC6)CC5)CC4)cn3)nc2n(C2CCCC2)c1=O. The number of pyridine rings is 2. The fourth-order valence-electron chi connectivity index (χ4n) is 10.4. The minimum Gasteiger partial charge on any atom is -0.369 e. The smallest absolute Gasteiger partial charge is 0.263 e. The van der Waals surface area contributed by atoms with Crippen LogP contribution in [0.4, 0.5) is 23.1 Å². The van der Waals surface area contributed by atoms with Crippen LogP contribution in [0, 0.1) is 6.92 Å². The maximum atomic E-state index is 13.6. The normalized spacial score (nSPS) is 21.6. The van der Waals surface area contributed by atoms with E-state index in [0.29, 0.717) is 41.9 Å². The number of hydrogen-bond donors (Lipinski definition) is 2. The number of likely N-dealkylation sites (tertiary alicyclic amines) is 1. The predicted octanol–water partition coefficient (Wildman–Crippen LogP) is 4.49. The molecule has 0 bridgehead atoms. The number of rotatable bonds is 11. The lowest BCUT2D eigenvalue weighted by Crippen LogP contribution is -2.54. The quantitative estimate of drug-likeness (QED) is 0.162. The number of amides is 2. The van der Waals surface area contributed by atoms with Crippen molar-refractivity contribution in [1.29, 1.82) is 0 Å². The fraction of sp³-hybridized carbons (Fsp3) is 0.543. The number of fused-ring (bicyclic) bond motifs is 1. The maximum Gasteiger partial charge on any atom is 0.263 e. The number of carbonyl (C=O) groups is 3. The van der Waals surface area contributed by atoms with Gasteiger partial charge in [-0.05, 0) is 94.4 Å². The first-order valence-electron chi connectivity index (χ1n) is 22.5. The van der Waals surface area contributed by atoms with Gasteiger partial charge in [-0.25, -0.2) is 9.97 Å². The van der Waals surface area contributed by atoms with Gasteiger partial charge in [0.25, 0.3) is 5.56 Å². The van der Waals surface area contributed by atoms with E-state index in [-0.39, 0.29) is 40.7 Å².